The van der Waals surface area contributed by atoms with Crippen LogP contribution in [0.1, 0.15) is 16.7 Å². The first-order chi connectivity index (χ1) is 13.2. The van der Waals surface area contributed by atoms with E-state index in [4.69, 9.17) is 10.00 Å². The zero-order valence-corrected chi connectivity index (χ0v) is 15.1. The minimum Gasteiger partial charge on any atom is -0.484 e. The van der Waals surface area contributed by atoms with E-state index in [9.17, 15) is 4.79 Å². The van der Waals surface area contributed by atoms with Gasteiger partial charge in [-0.25, -0.2) is 0 Å². The highest BCUT2D eigenvalue weighted by molar-refractivity contribution is 5.94. The first-order valence-corrected chi connectivity index (χ1v) is 8.69. The van der Waals surface area contributed by atoms with Gasteiger partial charge in [-0.05, 0) is 48.4 Å². The highest BCUT2D eigenvalue weighted by atomic mass is 16.5. The summed E-state index contributed by atoms with van der Waals surface area (Å²) in [4.78, 5) is 14.6. The normalized spacial score (nSPS) is 10.1. The lowest BCUT2D eigenvalue weighted by molar-refractivity contribution is -0.120. The van der Waals surface area contributed by atoms with Crippen molar-refractivity contribution in [2.24, 2.45) is 0 Å². The molecule has 0 saturated heterocycles. The van der Waals surface area contributed by atoms with Gasteiger partial charge >= 0.3 is 0 Å². The Morgan fingerprint density at radius 2 is 1.78 bits per heavy atom. The van der Waals surface area contributed by atoms with Gasteiger partial charge in [0.05, 0.1) is 18.2 Å². The van der Waals surface area contributed by atoms with Crippen LogP contribution in [0.3, 0.4) is 0 Å². The Morgan fingerprint density at radius 1 is 1.00 bits per heavy atom. The van der Waals surface area contributed by atoms with E-state index in [2.05, 4.69) is 6.07 Å². The number of ether oxygens (including phenoxy) is 1. The third kappa shape index (κ3) is 4.96. The molecule has 3 rings (SSSR count). The predicted molar refractivity (Wildman–Crippen MR) is 105 cm³/mol. The van der Waals surface area contributed by atoms with Crippen molar-refractivity contribution >= 4 is 11.6 Å². The van der Waals surface area contributed by atoms with Gasteiger partial charge in [0.1, 0.15) is 5.75 Å². The molecule has 27 heavy (non-hydrogen) atoms. The van der Waals surface area contributed by atoms with E-state index >= 15 is 0 Å². The second kappa shape index (κ2) is 8.68. The Bertz CT molecular complexity index is 961. The molecule has 0 aliphatic carbocycles. The Hall–Kier alpha value is -3.58. The number of hydrogen-bond acceptors (Lipinski definition) is 3. The van der Waals surface area contributed by atoms with Crippen LogP contribution in [0.4, 0.5) is 5.69 Å². The number of carbonyl (C=O) groups excluding carboxylic acids is 1. The lowest BCUT2D eigenvalue weighted by Crippen LogP contribution is -2.34. The van der Waals surface area contributed by atoms with Gasteiger partial charge in [0.25, 0.3) is 5.91 Å². The van der Waals surface area contributed by atoms with E-state index in [1.54, 1.807) is 29.2 Å². The van der Waals surface area contributed by atoms with Crippen LogP contribution < -0.4 is 9.64 Å². The molecule has 3 aromatic carbocycles. The lowest BCUT2D eigenvalue weighted by atomic mass is 10.1. The van der Waals surface area contributed by atoms with Crippen LogP contribution in [0.15, 0.2) is 78.9 Å². The van der Waals surface area contributed by atoms with Crippen molar-refractivity contribution in [1.82, 2.24) is 0 Å². The van der Waals surface area contributed by atoms with Gasteiger partial charge in [-0.2, -0.15) is 5.26 Å². The fourth-order valence-electron chi connectivity index (χ4n) is 2.76. The monoisotopic (exact) mass is 356 g/mol. The summed E-state index contributed by atoms with van der Waals surface area (Å²) in [5.74, 6) is 0.359. The summed E-state index contributed by atoms with van der Waals surface area (Å²) in [6.07, 6.45) is 0. The first kappa shape index (κ1) is 18.2. The van der Waals surface area contributed by atoms with E-state index in [1.165, 1.54) is 0 Å². The zero-order valence-electron chi connectivity index (χ0n) is 15.1. The number of hydrogen-bond donors (Lipinski definition) is 0. The van der Waals surface area contributed by atoms with Crippen LogP contribution in [0, 0.1) is 18.3 Å². The first-order valence-electron chi connectivity index (χ1n) is 8.69. The molecule has 0 aromatic heterocycles. The molecule has 0 radical (unpaired) electrons. The van der Waals surface area contributed by atoms with Gasteiger partial charge in [0.2, 0.25) is 0 Å². The topological polar surface area (TPSA) is 53.3 Å². The number of amides is 1. The van der Waals surface area contributed by atoms with Crippen molar-refractivity contribution in [2.45, 2.75) is 13.5 Å². The average Bonchev–Trinajstić information content (AvgIpc) is 2.71. The maximum absolute atomic E-state index is 12.9. The number of nitrogens with zero attached hydrogens (tertiary/aromatic N) is 2. The standard InChI is InChI=1S/C23H20N2O2/c1-18-7-5-11-21(13-18)25(16-19-8-3-2-4-9-19)23(26)17-27-22-12-6-10-20(14-22)15-24/h2-14H,16-17H2,1H3. The molecular weight excluding hydrogens is 336 g/mol. The highest BCUT2D eigenvalue weighted by Crippen LogP contribution is 2.20. The third-order valence-electron chi connectivity index (χ3n) is 4.12. The average molecular weight is 356 g/mol. The van der Waals surface area contributed by atoms with Crippen LogP contribution >= 0.6 is 0 Å². The fourth-order valence-corrected chi connectivity index (χ4v) is 2.76. The molecular formula is C23H20N2O2. The van der Waals surface area contributed by atoms with Gasteiger partial charge in [-0.15, -0.1) is 0 Å². The smallest absolute Gasteiger partial charge is 0.265 e. The van der Waals surface area contributed by atoms with Crippen molar-refractivity contribution in [3.8, 4) is 11.8 Å². The van der Waals surface area contributed by atoms with E-state index in [1.807, 2.05) is 61.5 Å². The Morgan fingerprint density at radius 3 is 2.52 bits per heavy atom. The molecule has 0 aliphatic heterocycles. The van der Waals surface area contributed by atoms with E-state index in [0.717, 1.165) is 16.8 Å². The molecule has 4 nitrogen and oxygen atoms in total. The molecule has 0 heterocycles. The van der Waals surface area contributed by atoms with Gasteiger partial charge in [-0.1, -0.05) is 48.5 Å². The summed E-state index contributed by atoms with van der Waals surface area (Å²) in [5.41, 5.74) is 3.46. The third-order valence-corrected chi connectivity index (χ3v) is 4.12. The number of nitriles is 1. The predicted octanol–water partition coefficient (Wildman–Crippen LogP) is 4.48. The van der Waals surface area contributed by atoms with Gasteiger partial charge in [-0.3, -0.25) is 4.79 Å². The molecule has 0 N–H and O–H groups in total. The summed E-state index contributed by atoms with van der Waals surface area (Å²) in [6.45, 7) is 2.36. The second-order valence-electron chi connectivity index (χ2n) is 6.23. The van der Waals surface area contributed by atoms with Crippen LogP contribution in [0.2, 0.25) is 0 Å². The van der Waals surface area contributed by atoms with Gasteiger partial charge in [0.15, 0.2) is 6.61 Å². The van der Waals surface area contributed by atoms with Crippen molar-refractivity contribution in [3.05, 3.63) is 95.6 Å². The van der Waals surface area contributed by atoms with Crippen molar-refractivity contribution in [1.29, 1.82) is 5.26 Å². The quantitative estimate of drug-likeness (QED) is 0.654. The summed E-state index contributed by atoms with van der Waals surface area (Å²) in [6, 6.07) is 26.6. The molecule has 0 atom stereocenters. The molecule has 0 unspecified atom stereocenters. The summed E-state index contributed by atoms with van der Waals surface area (Å²) < 4.78 is 5.64. The minimum atomic E-state index is -0.146. The molecule has 0 spiro atoms. The van der Waals surface area contributed by atoms with Crippen molar-refractivity contribution in [3.63, 3.8) is 0 Å². The SMILES string of the molecule is Cc1cccc(N(Cc2ccccc2)C(=O)COc2cccc(C#N)c2)c1. The number of rotatable bonds is 6. The summed E-state index contributed by atoms with van der Waals surface area (Å²) >= 11 is 0. The number of carbonyl (C=O) groups is 1. The van der Waals surface area contributed by atoms with Gasteiger partial charge in [0, 0.05) is 5.69 Å². The van der Waals surface area contributed by atoms with Crippen molar-refractivity contribution in [2.75, 3.05) is 11.5 Å². The molecule has 3 aromatic rings. The van der Waals surface area contributed by atoms with Crippen LogP contribution in [0.25, 0.3) is 0 Å². The molecule has 0 saturated carbocycles. The number of aryl methyl sites for hydroxylation is 1. The molecule has 134 valence electrons. The molecule has 1 amide bonds. The van der Waals surface area contributed by atoms with Crippen molar-refractivity contribution < 1.29 is 9.53 Å². The molecule has 4 heteroatoms. The minimum absolute atomic E-state index is 0.102. The van der Waals surface area contributed by atoms with Crippen LogP contribution in [-0.2, 0) is 11.3 Å². The van der Waals surface area contributed by atoms with Crippen LogP contribution in [0.5, 0.6) is 5.75 Å². The van der Waals surface area contributed by atoms with E-state index < -0.39 is 0 Å². The fraction of sp³-hybridized carbons (Fsp3) is 0.130. The molecule has 0 fully saturated rings. The van der Waals surface area contributed by atoms with Crippen LogP contribution in [-0.4, -0.2) is 12.5 Å². The largest absolute Gasteiger partial charge is 0.484 e. The maximum atomic E-state index is 12.9. The zero-order chi connectivity index (χ0) is 19.1. The van der Waals surface area contributed by atoms with E-state index in [-0.39, 0.29) is 12.5 Å². The van der Waals surface area contributed by atoms with Gasteiger partial charge < -0.3 is 9.64 Å². The maximum Gasteiger partial charge on any atom is 0.265 e. The Balaban J connectivity index is 1.79. The summed E-state index contributed by atoms with van der Waals surface area (Å²) in [7, 11) is 0. The Labute approximate surface area is 159 Å². The lowest BCUT2D eigenvalue weighted by Gasteiger charge is -2.23. The number of anilines is 1. The van der Waals surface area contributed by atoms with E-state index in [0.29, 0.717) is 17.9 Å². The number of benzene rings is 3. The molecule has 0 aliphatic rings. The Kier molecular flexibility index (Phi) is 5.86. The molecule has 0 bridgehead atoms. The highest BCUT2D eigenvalue weighted by Gasteiger charge is 2.17. The second-order valence-corrected chi connectivity index (χ2v) is 6.23. The summed E-state index contributed by atoms with van der Waals surface area (Å²) in [5, 5.41) is 8.99.